The van der Waals surface area contributed by atoms with E-state index in [-0.39, 0.29) is 0 Å². The van der Waals surface area contributed by atoms with Gasteiger partial charge in [-0.05, 0) is 57.4 Å². The highest BCUT2D eigenvalue weighted by atomic mass is 32.1. The van der Waals surface area contributed by atoms with Crippen LogP contribution in [0.5, 0.6) is 0 Å². The number of nitrogens with zero attached hydrogens (tertiary/aromatic N) is 1. The normalized spacial score (nSPS) is 25.1. The van der Waals surface area contributed by atoms with E-state index < -0.39 is 0 Å². The highest BCUT2D eigenvalue weighted by molar-refractivity contribution is 7.09. The van der Waals surface area contributed by atoms with E-state index in [4.69, 9.17) is 4.98 Å². The number of aromatic nitrogens is 1. The molecule has 1 aromatic rings. The first-order chi connectivity index (χ1) is 9.61. The summed E-state index contributed by atoms with van der Waals surface area (Å²) in [5, 5.41) is 7.17. The molecule has 1 heterocycles. The topological polar surface area (TPSA) is 24.9 Å². The molecular weight excluding hydrogens is 264 g/mol. The predicted octanol–water partition coefficient (Wildman–Crippen LogP) is 5.13. The summed E-state index contributed by atoms with van der Waals surface area (Å²) in [5.74, 6) is 2.51. The molecule has 0 aliphatic heterocycles. The molecule has 0 radical (unpaired) electrons. The van der Waals surface area contributed by atoms with Gasteiger partial charge in [0.1, 0.15) is 0 Å². The summed E-state index contributed by atoms with van der Waals surface area (Å²) in [4.78, 5) is 4.91. The lowest BCUT2D eigenvalue weighted by molar-refractivity contribution is 0.258. The number of hydrogen-bond acceptors (Lipinski definition) is 3. The Morgan fingerprint density at radius 1 is 1.25 bits per heavy atom. The van der Waals surface area contributed by atoms with Crippen LogP contribution in [0.1, 0.15) is 82.5 Å². The largest absolute Gasteiger partial charge is 0.309 e. The minimum absolute atomic E-state index is 0.395. The van der Waals surface area contributed by atoms with Crippen LogP contribution in [0.2, 0.25) is 0 Å². The smallest absolute Gasteiger partial charge is 0.0959 e. The Bertz CT molecular complexity index is 391. The molecule has 1 atom stereocenters. The van der Waals surface area contributed by atoms with E-state index in [1.165, 1.54) is 42.8 Å². The van der Waals surface area contributed by atoms with Crippen molar-refractivity contribution in [1.29, 1.82) is 0 Å². The summed E-state index contributed by atoms with van der Waals surface area (Å²) in [5.41, 5.74) is 1.24. The summed E-state index contributed by atoms with van der Waals surface area (Å²) < 4.78 is 0. The van der Waals surface area contributed by atoms with E-state index >= 15 is 0 Å². The van der Waals surface area contributed by atoms with Gasteiger partial charge in [-0.2, -0.15) is 0 Å². The van der Waals surface area contributed by atoms with Gasteiger partial charge in [-0.3, -0.25) is 0 Å². The van der Waals surface area contributed by atoms with Crippen molar-refractivity contribution in [3.8, 4) is 0 Å². The van der Waals surface area contributed by atoms with E-state index in [0.717, 1.165) is 24.3 Å². The minimum atomic E-state index is 0.395. The molecule has 1 aliphatic carbocycles. The second-order valence-corrected chi connectivity index (χ2v) is 7.53. The molecule has 2 nitrogen and oxygen atoms in total. The van der Waals surface area contributed by atoms with Gasteiger partial charge in [-0.25, -0.2) is 4.98 Å². The Morgan fingerprint density at radius 2 is 1.95 bits per heavy atom. The van der Waals surface area contributed by atoms with Gasteiger partial charge in [0.2, 0.25) is 0 Å². The molecular formula is C17H30N2S. The summed E-state index contributed by atoms with van der Waals surface area (Å²) >= 11 is 1.88. The third-order valence-corrected chi connectivity index (χ3v) is 5.77. The molecule has 0 spiro atoms. The molecule has 0 amide bonds. The molecule has 1 N–H and O–H groups in total. The quantitative estimate of drug-likeness (QED) is 0.786. The van der Waals surface area contributed by atoms with Gasteiger partial charge in [-0.1, -0.05) is 20.8 Å². The Balaban J connectivity index is 1.89. The van der Waals surface area contributed by atoms with Gasteiger partial charge >= 0.3 is 0 Å². The van der Waals surface area contributed by atoms with Gasteiger partial charge in [0.05, 0.1) is 10.7 Å². The van der Waals surface area contributed by atoms with Crippen LogP contribution in [-0.4, -0.2) is 11.5 Å². The van der Waals surface area contributed by atoms with Gasteiger partial charge in [0.25, 0.3) is 0 Å². The maximum absolute atomic E-state index is 4.91. The Morgan fingerprint density at radius 3 is 2.55 bits per heavy atom. The second kappa shape index (κ2) is 7.56. The summed E-state index contributed by atoms with van der Waals surface area (Å²) in [7, 11) is 0. The Hall–Kier alpha value is -0.410. The monoisotopic (exact) mass is 294 g/mol. The maximum Gasteiger partial charge on any atom is 0.0959 e. The molecule has 0 bridgehead atoms. The van der Waals surface area contributed by atoms with Crippen molar-refractivity contribution in [1.82, 2.24) is 10.3 Å². The van der Waals surface area contributed by atoms with Crippen LogP contribution in [0.4, 0.5) is 0 Å². The maximum atomic E-state index is 4.91. The Kier molecular flexibility index (Phi) is 6.03. The highest BCUT2D eigenvalue weighted by Gasteiger charge is 2.26. The first-order valence-electron chi connectivity index (χ1n) is 8.30. The van der Waals surface area contributed by atoms with Crippen molar-refractivity contribution in [3.63, 3.8) is 0 Å². The lowest BCUT2D eigenvalue weighted by atomic mass is 9.77. The molecule has 1 fully saturated rings. The minimum Gasteiger partial charge on any atom is -0.309 e. The molecule has 0 saturated heterocycles. The molecule has 1 aromatic heterocycles. The zero-order chi connectivity index (χ0) is 14.5. The standard InChI is InChI=1S/C17H30N2S/c1-5-10-18-13(4)16-11-20-17(19-16)15-8-6-14(7-9-15)12(2)3/h11-15,18H,5-10H2,1-4H3. The molecule has 20 heavy (non-hydrogen) atoms. The number of hydrogen-bond donors (Lipinski definition) is 1. The first kappa shape index (κ1) is 16.0. The SMILES string of the molecule is CCCNC(C)c1csc(C2CCC(C(C)C)CC2)n1. The van der Waals surface area contributed by atoms with Gasteiger partial charge in [0, 0.05) is 17.3 Å². The average Bonchev–Trinajstić information content (AvgIpc) is 2.94. The summed E-state index contributed by atoms with van der Waals surface area (Å²) in [6.07, 6.45) is 6.64. The Labute approximate surface area is 128 Å². The third-order valence-electron chi connectivity index (χ3n) is 4.75. The zero-order valence-corrected chi connectivity index (χ0v) is 14.3. The van der Waals surface area contributed by atoms with Crippen LogP contribution >= 0.6 is 11.3 Å². The lowest BCUT2D eigenvalue weighted by Gasteiger charge is -2.29. The van der Waals surface area contributed by atoms with Crippen LogP contribution in [0.25, 0.3) is 0 Å². The fourth-order valence-electron chi connectivity index (χ4n) is 3.19. The lowest BCUT2D eigenvalue weighted by Crippen LogP contribution is -2.20. The van der Waals surface area contributed by atoms with Gasteiger partial charge in [-0.15, -0.1) is 11.3 Å². The van der Waals surface area contributed by atoms with Gasteiger partial charge in [0.15, 0.2) is 0 Å². The predicted molar refractivity (Wildman–Crippen MR) is 88.4 cm³/mol. The molecule has 3 heteroatoms. The van der Waals surface area contributed by atoms with Crippen LogP contribution in [0.15, 0.2) is 5.38 Å². The molecule has 0 aromatic carbocycles. The van der Waals surface area contributed by atoms with Crippen LogP contribution in [0, 0.1) is 11.8 Å². The fourth-order valence-corrected chi connectivity index (χ4v) is 4.27. The number of thiazole rings is 1. The van der Waals surface area contributed by atoms with Crippen molar-refractivity contribution >= 4 is 11.3 Å². The highest BCUT2D eigenvalue weighted by Crippen LogP contribution is 2.39. The van der Waals surface area contributed by atoms with Crippen molar-refractivity contribution in [2.45, 2.75) is 71.8 Å². The van der Waals surface area contributed by atoms with Crippen molar-refractivity contribution in [2.24, 2.45) is 11.8 Å². The summed E-state index contributed by atoms with van der Waals surface area (Å²) in [6.45, 7) is 10.2. The second-order valence-electron chi connectivity index (χ2n) is 6.64. The molecule has 1 unspecified atom stereocenters. The van der Waals surface area contributed by atoms with Crippen LogP contribution in [0.3, 0.4) is 0 Å². The number of rotatable bonds is 6. The van der Waals surface area contributed by atoms with Crippen LogP contribution in [-0.2, 0) is 0 Å². The van der Waals surface area contributed by atoms with E-state index in [1.807, 2.05) is 11.3 Å². The average molecular weight is 295 g/mol. The van der Waals surface area contributed by atoms with E-state index in [1.54, 1.807) is 0 Å². The molecule has 1 aliphatic rings. The first-order valence-corrected chi connectivity index (χ1v) is 9.18. The molecule has 1 saturated carbocycles. The molecule has 2 rings (SSSR count). The van der Waals surface area contributed by atoms with E-state index in [2.05, 4.69) is 38.4 Å². The van der Waals surface area contributed by atoms with Crippen molar-refractivity contribution < 1.29 is 0 Å². The van der Waals surface area contributed by atoms with E-state index in [0.29, 0.717) is 6.04 Å². The number of nitrogens with one attached hydrogen (secondary N) is 1. The summed E-state index contributed by atoms with van der Waals surface area (Å²) in [6, 6.07) is 0.395. The zero-order valence-electron chi connectivity index (χ0n) is 13.5. The van der Waals surface area contributed by atoms with Gasteiger partial charge < -0.3 is 5.32 Å². The molecule has 114 valence electrons. The van der Waals surface area contributed by atoms with Crippen molar-refractivity contribution in [3.05, 3.63) is 16.1 Å². The van der Waals surface area contributed by atoms with Crippen LogP contribution < -0.4 is 5.32 Å². The third kappa shape index (κ3) is 4.05. The van der Waals surface area contributed by atoms with Crippen molar-refractivity contribution in [2.75, 3.05) is 6.54 Å². The van der Waals surface area contributed by atoms with E-state index in [9.17, 15) is 0 Å². The fraction of sp³-hybridized carbons (Fsp3) is 0.824.